The van der Waals surface area contributed by atoms with Crippen LogP contribution in [-0.2, 0) is 6.54 Å². The summed E-state index contributed by atoms with van der Waals surface area (Å²) < 4.78 is 10.6. The predicted octanol–water partition coefficient (Wildman–Crippen LogP) is 2.05. The maximum Gasteiger partial charge on any atom is 0.231 e. The Morgan fingerprint density at radius 2 is 2.07 bits per heavy atom. The molecule has 0 saturated carbocycles. The van der Waals surface area contributed by atoms with Crippen molar-refractivity contribution < 1.29 is 9.47 Å². The molecule has 1 aromatic carbocycles. The molecule has 1 aliphatic heterocycles. The molecule has 0 radical (unpaired) electrons. The van der Waals surface area contributed by atoms with E-state index in [0.717, 1.165) is 24.6 Å². The molecule has 2 rings (SSSR count). The number of benzene rings is 1. The van der Waals surface area contributed by atoms with E-state index in [1.54, 1.807) is 0 Å². The quantitative estimate of drug-likeness (QED) is 0.631. The fraction of sp³-hybridized carbons (Fsp3) is 0.455. The molecular formula is C11H14ClNO2. The average Bonchev–Trinajstić information content (AvgIpc) is 2.65. The van der Waals surface area contributed by atoms with Crippen LogP contribution in [-0.4, -0.2) is 19.2 Å². The Morgan fingerprint density at radius 3 is 2.80 bits per heavy atom. The highest BCUT2D eigenvalue weighted by Gasteiger charge is 2.15. The zero-order valence-corrected chi connectivity index (χ0v) is 9.43. The molecule has 0 aliphatic carbocycles. The van der Waals surface area contributed by atoms with E-state index in [9.17, 15) is 0 Å². The highest BCUT2D eigenvalue weighted by molar-refractivity contribution is 6.18. The molecular weight excluding hydrogens is 214 g/mol. The summed E-state index contributed by atoms with van der Waals surface area (Å²) in [6, 6.07) is 4.04. The number of hydrogen-bond donors (Lipinski definition) is 1. The molecule has 1 heterocycles. The van der Waals surface area contributed by atoms with Crippen LogP contribution in [0.5, 0.6) is 11.5 Å². The molecule has 1 N–H and O–H groups in total. The topological polar surface area (TPSA) is 30.5 Å². The Labute approximate surface area is 94.3 Å². The molecule has 0 spiro atoms. The SMILES string of the molecule is Cc1cc2c(cc1CNCCCl)OCO2. The molecule has 0 aromatic heterocycles. The van der Waals surface area contributed by atoms with Crippen molar-refractivity contribution in [2.45, 2.75) is 13.5 Å². The second-order valence-electron chi connectivity index (χ2n) is 3.50. The minimum atomic E-state index is 0.327. The third-order valence-electron chi connectivity index (χ3n) is 2.42. The Bertz CT molecular complexity index is 355. The van der Waals surface area contributed by atoms with Gasteiger partial charge in [-0.15, -0.1) is 11.6 Å². The number of alkyl halides is 1. The standard InChI is InChI=1S/C11H14ClNO2/c1-8-4-10-11(15-7-14-10)5-9(8)6-13-3-2-12/h4-5,13H,2-3,6-7H2,1H3. The van der Waals surface area contributed by atoms with Crippen LogP contribution in [0.1, 0.15) is 11.1 Å². The van der Waals surface area contributed by atoms with Gasteiger partial charge in [0.25, 0.3) is 0 Å². The lowest BCUT2D eigenvalue weighted by Crippen LogP contribution is -2.16. The number of fused-ring (bicyclic) bond motifs is 1. The van der Waals surface area contributed by atoms with Crippen LogP contribution in [0.15, 0.2) is 12.1 Å². The zero-order chi connectivity index (χ0) is 10.7. The highest BCUT2D eigenvalue weighted by atomic mass is 35.5. The van der Waals surface area contributed by atoms with Crippen molar-refractivity contribution in [3.05, 3.63) is 23.3 Å². The lowest BCUT2D eigenvalue weighted by molar-refractivity contribution is 0.174. The molecule has 0 unspecified atom stereocenters. The van der Waals surface area contributed by atoms with Crippen LogP contribution in [0.4, 0.5) is 0 Å². The Morgan fingerprint density at radius 1 is 1.33 bits per heavy atom. The lowest BCUT2D eigenvalue weighted by Gasteiger charge is -2.08. The third kappa shape index (κ3) is 2.36. The second kappa shape index (κ2) is 4.73. The van der Waals surface area contributed by atoms with E-state index in [2.05, 4.69) is 12.2 Å². The molecule has 0 bridgehead atoms. The van der Waals surface area contributed by atoms with Gasteiger partial charge in [-0.1, -0.05) is 0 Å². The van der Waals surface area contributed by atoms with E-state index >= 15 is 0 Å². The average molecular weight is 228 g/mol. The molecule has 0 fully saturated rings. The van der Waals surface area contributed by atoms with Crippen molar-refractivity contribution in [2.24, 2.45) is 0 Å². The van der Waals surface area contributed by atoms with Gasteiger partial charge in [0.05, 0.1) is 0 Å². The smallest absolute Gasteiger partial charge is 0.231 e. The molecule has 4 heteroatoms. The Hall–Kier alpha value is -0.930. The van der Waals surface area contributed by atoms with E-state index < -0.39 is 0 Å². The summed E-state index contributed by atoms with van der Waals surface area (Å²) in [5.41, 5.74) is 2.44. The van der Waals surface area contributed by atoms with Crippen LogP contribution in [0, 0.1) is 6.92 Å². The molecule has 1 aromatic rings. The highest BCUT2D eigenvalue weighted by Crippen LogP contribution is 2.34. The minimum absolute atomic E-state index is 0.327. The Balaban J connectivity index is 2.10. The summed E-state index contributed by atoms with van der Waals surface area (Å²) in [7, 11) is 0. The number of ether oxygens (including phenoxy) is 2. The van der Waals surface area contributed by atoms with Gasteiger partial charge in [-0.25, -0.2) is 0 Å². The number of halogens is 1. The largest absolute Gasteiger partial charge is 0.454 e. The van der Waals surface area contributed by atoms with Crippen molar-refractivity contribution in [2.75, 3.05) is 19.2 Å². The second-order valence-corrected chi connectivity index (χ2v) is 3.88. The van der Waals surface area contributed by atoms with E-state index in [1.807, 2.05) is 12.1 Å². The Kier molecular flexibility index (Phi) is 3.34. The molecule has 0 atom stereocenters. The van der Waals surface area contributed by atoms with Crippen LogP contribution < -0.4 is 14.8 Å². The van der Waals surface area contributed by atoms with Gasteiger partial charge in [-0.3, -0.25) is 0 Å². The van der Waals surface area contributed by atoms with Crippen molar-refractivity contribution in [3.8, 4) is 11.5 Å². The number of hydrogen-bond acceptors (Lipinski definition) is 3. The molecule has 15 heavy (non-hydrogen) atoms. The van der Waals surface area contributed by atoms with Gasteiger partial charge >= 0.3 is 0 Å². The molecule has 0 amide bonds. The van der Waals surface area contributed by atoms with E-state index in [-0.39, 0.29) is 0 Å². The van der Waals surface area contributed by atoms with E-state index in [4.69, 9.17) is 21.1 Å². The summed E-state index contributed by atoms with van der Waals surface area (Å²) >= 11 is 5.59. The predicted molar refractivity (Wildman–Crippen MR) is 59.7 cm³/mol. The van der Waals surface area contributed by atoms with Crippen molar-refractivity contribution in [1.29, 1.82) is 0 Å². The first-order chi connectivity index (χ1) is 7.31. The van der Waals surface area contributed by atoms with Crippen LogP contribution in [0.25, 0.3) is 0 Å². The minimum Gasteiger partial charge on any atom is -0.454 e. The lowest BCUT2D eigenvalue weighted by atomic mass is 10.1. The van der Waals surface area contributed by atoms with Crippen LogP contribution in [0.2, 0.25) is 0 Å². The summed E-state index contributed by atoms with van der Waals surface area (Å²) in [4.78, 5) is 0. The van der Waals surface area contributed by atoms with Gasteiger partial charge in [0.2, 0.25) is 6.79 Å². The summed E-state index contributed by atoms with van der Waals surface area (Å²) in [6.07, 6.45) is 0. The summed E-state index contributed by atoms with van der Waals surface area (Å²) in [5, 5.41) is 3.26. The number of aryl methyl sites for hydroxylation is 1. The number of nitrogens with one attached hydrogen (secondary N) is 1. The van der Waals surface area contributed by atoms with Crippen molar-refractivity contribution in [1.82, 2.24) is 5.32 Å². The van der Waals surface area contributed by atoms with E-state index in [0.29, 0.717) is 12.7 Å². The maximum atomic E-state index is 5.59. The van der Waals surface area contributed by atoms with Crippen LogP contribution >= 0.6 is 11.6 Å². The summed E-state index contributed by atoms with van der Waals surface area (Å²) in [5.74, 6) is 2.31. The van der Waals surface area contributed by atoms with Gasteiger partial charge in [0, 0.05) is 19.0 Å². The molecule has 82 valence electrons. The fourth-order valence-electron chi connectivity index (χ4n) is 1.57. The monoisotopic (exact) mass is 227 g/mol. The van der Waals surface area contributed by atoms with Gasteiger partial charge in [0.15, 0.2) is 11.5 Å². The van der Waals surface area contributed by atoms with Crippen molar-refractivity contribution >= 4 is 11.6 Å². The zero-order valence-electron chi connectivity index (χ0n) is 8.68. The van der Waals surface area contributed by atoms with Gasteiger partial charge < -0.3 is 14.8 Å². The molecule has 3 nitrogen and oxygen atoms in total. The van der Waals surface area contributed by atoms with Crippen LogP contribution in [0.3, 0.4) is 0 Å². The van der Waals surface area contributed by atoms with Gasteiger partial charge in [-0.2, -0.15) is 0 Å². The van der Waals surface area contributed by atoms with Gasteiger partial charge in [0.1, 0.15) is 0 Å². The first-order valence-corrected chi connectivity index (χ1v) is 5.50. The van der Waals surface area contributed by atoms with Gasteiger partial charge in [-0.05, 0) is 30.2 Å². The third-order valence-corrected chi connectivity index (χ3v) is 2.61. The number of rotatable bonds is 4. The first kappa shape index (κ1) is 10.6. The molecule has 0 saturated heterocycles. The maximum absolute atomic E-state index is 5.59. The molecule has 1 aliphatic rings. The first-order valence-electron chi connectivity index (χ1n) is 4.97. The summed E-state index contributed by atoms with van der Waals surface area (Å²) in [6.45, 7) is 4.03. The fourth-order valence-corrected chi connectivity index (χ4v) is 1.70. The van der Waals surface area contributed by atoms with E-state index in [1.165, 1.54) is 11.1 Å². The van der Waals surface area contributed by atoms with Crippen molar-refractivity contribution in [3.63, 3.8) is 0 Å². The normalized spacial score (nSPS) is 13.2.